The van der Waals surface area contributed by atoms with Gasteiger partial charge in [-0.3, -0.25) is 0 Å². The van der Waals surface area contributed by atoms with Crippen LogP contribution < -0.4 is 20.1 Å². The molecule has 218 valence electrons. The second-order valence-electron chi connectivity index (χ2n) is 9.41. The molecule has 0 amide bonds. The van der Waals surface area contributed by atoms with Crippen molar-refractivity contribution in [3.05, 3.63) is 87.2 Å². The molecule has 0 aliphatic carbocycles. The summed E-state index contributed by atoms with van der Waals surface area (Å²) in [5.74, 6) is 1.61. The van der Waals surface area contributed by atoms with Gasteiger partial charge < -0.3 is 20.1 Å². The number of fused-ring (bicyclic) bond motifs is 1. The number of anilines is 2. The fourth-order valence-corrected chi connectivity index (χ4v) is 5.91. The van der Waals surface area contributed by atoms with Gasteiger partial charge in [-0.25, -0.2) is 27.8 Å². The van der Waals surface area contributed by atoms with E-state index in [4.69, 9.17) is 14.5 Å². The summed E-state index contributed by atoms with van der Waals surface area (Å²) in [5.41, 5.74) is 3.71. The summed E-state index contributed by atoms with van der Waals surface area (Å²) in [6.07, 6.45) is 2.70. The van der Waals surface area contributed by atoms with Gasteiger partial charge in [0.15, 0.2) is 0 Å². The number of benzene rings is 3. The van der Waals surface area contributed by atoms with Crippen LogP contribution in [-0.2, 0) is 23.0 Å². The van der Waals surface area contributed by atoms with Crippen molar-refractivity contribution in [1.82, 2.24) is 20.3 Å². The predicted molar refractivity (Wildman–Crippen MR) is 167 cm³/mol. The fourth-order valence-electron chi connectivity index (χ4n) is 4.14. The van der Waals surface area contributed by atoms with Crippen molar-refractivity contribution in [1.29, 1.82) is 0 Å². The molecule has 0 unspecified atom stereocenters. The first kappa shape index (κ1) is 29.8. The highest BCUT2D eigenvalue weighted by Crippen LogP contribution is 2.37. The van der Waals surface area contributed by atoms with Gasteiger partial charge >= 0.3 is 0 Å². The van der Waals surface area contributed by atoms with Gasteiger partial charge in [0.1, 0.15) is 50.9 Å². The zero-order valence-electron chi connectivity index (χ0n) is 22.7. The molecule has 2 heterocycles. The van der Waals surface area contributed by atoms with Gasteiger partial charge in [-0.1, -0.05) is 12.1 Å². The molecule has 0 fully saturated rings. The largest absolute Gasteiger partial charge is 0.496 e. The topological polar surface area (TPSA) is 115 Å². The minimum absolute atomic E-state index is 0.0702. The molecule has 0 aliphatic heterocycles. The zero-order chi connectivity index (χ0) is 29.7. The molecule has 0 saturated heterocycles. The van der Waals surface area contributed by atoms with E-state index in [0.29, 0.717) is 35.9 Å². The molecule has 0 aliphatic rings. The van der Waals surface area contributed by atoms with Gasteiger partial charge in [0, 0.05) is 47.4 Å². The Morgan fingerprint density at radius 2 is 1.93 bits per heavy atom. The lowest BCUT2D eigenvalue weighted by molar-refractivity contribution is 0.303. The molecule has 0 bridgehead atoms. The lowest BCUT2D eigenvalue weighted by Crippen LogP contribution is -2.21. The van der Waals surface area contributed by atoms with Crippen molar-refractivity contribution in [3.8, 4) is 22.8 Å². The molecule has 13 heteroatoms. The summed E-state index contributed by atoms with van der Waals surface area (Å²) in [6.45, 7) is 1.05. The van der Waals surface area contributed by atoms with Crippen LogP contribution in [0, 0.1) is 5.82 Å². The minimum atomic E-state index is -3.03. The van der Waals surface area contributed by atoms with Gasteiger partial charge in [-0.05, 0) is 57.9 Å². The minimum Gasteiger partial charge on any atom is -0.496 e. The predicted octanol–water partition coefficient (Wildman–Crippen LogP) is 6.12. The molecule has 0 spiro atoms. The van der Waals surface area contributed by atoms with E-state index in [1.54, 1.807) is 13.2 Å². The summed E-state index contributed by atoms with van der Waals surface area (Å²) in [6, 6.07) is 15.7. The molecule has 5 rings (SSSR count). The van der Waals surface area contributed by atoms with E-state index in [9.17, 15) is 12.8 Å². The second-order valence-corrected chi connectivity index (χ2v) is 13.5. The van der Waals surface area contributed by atoms with E-state index in [-0.39, 0.29) is 18.2 Å². The van der Waals surface area contributed by atoms with Crippen LogP contribution in [0.25, 0.3) is 22.2 Å². The number of halogens is 2. The molecule has 0 atom stereocenters. The molecule has 2 N–H and O–H groups in total. The van der Waals surface area contributed by atoms with Crippen molar-refractivity contribution in [3.63, 3.8) is 0 Å². The first-order valence-corrected chi connectivity index (χ1v) is 16.5. The number of methoxy groups -OCH3 is 1. The average Bonchev–Trinajstić information content (AvgIpc) is 3.43. The van der Waals surface area contributed by atoms with E-state index in [1.807, 2.05) is 41.8 Å². The monoisotopic (exact) mass is 671 g/mol. The molecule has 5 aromatic rings. The standard InChI is InChI=1S/C29H27BrFN5O4S2/c1-39-27-13-24-22(12-21(27)25-16-41-28(36-25)14-32-8-9-42(2,37)38)29(34-17-33-24)35-20-6-7-26(23(30)11-20)40-15-18-4-3-5-19(31)10-18/h3-7,10-13,16-17,32H,8-9,14-15H2,1-2H3,(H,33,34,35). The number of hydrogen-bond acceptors (Lipinski definition) is 10. The molecule has 3 aromatic carbocycles. The van der Waals surface area contributed by atoms with Gasteiger partial charge in [-0.15, -0.1) is 11.3 Å². The number of hydrogen-bond donors (Lipinski definition) is 2. The normalized spacial score (nSPS) is 11.5. The zero-order valence-corrected chi connectivity index (χ0v) is 25.9. The number of rotatable bonds is 12. The quantitative estimate of drug-likeness (QED) is 0.151. The maximum atomic E-state index is 13.5. The van der Waals surface area contributed by atoms with Crippen LogP contribution in [0.15, 0.2) is 70.8 Å². The number of nitrogens with zero attached hydrogens (tertiary/aromatic N) is 3. The van der Waals surface area contributed by atoms with E-state index < -0.39 is 9.84 Å². The third kappa shape index (κ3) is 7.59. The lowest BCUT2D eigenvalue weighted by atomic mass is 10.1. The Hall–Kier alpha value is -3.65. The summed E-state index contributed by atoms with van der Waals surface area (Å²) in [4.78, 5) is 13.6. The van der Waals surface area contributed by atoms with Crippen LogP contribution in [0.1, 0.15) is 10.6 Å². The fraction of sp³-hybridized carbons (Fsp3) is 0.207. The Balaban J connectivity index is 1.35. The molecule has 0 radical (unpaired) electrons. The molecule has 42 heavy (non-hydrogen) atoms. The van der Waals surface area contributed by atoms with Gasteiger partial charge in [0.05, 0.1) is 28.5 Å². The second kappa shape index (κ2) is 13.1. The van der Waals surface area contributed by atoms with E-state index in [2.05, 4.69) is 36.5 Å². The maximum Gasteiger partial charge on any atom is 0.148 e. The van der Waals surface area contributed by atoms with Crippen molar-refractivity contribution >= 4 is 59.5 Å². The van der Waals surface area contributed by atoms with Crippen LogP contribution in [0.4, 0.5) is 15.9 Å². The van der Waals surface area contributed by atoms with E-state index in [1.165, 1.54) is 36.1 Å². The number of nitrogens with one attached hydrogen (secondary N) is 2. The molecular formula is C29H27BrFN5O4S2. The first-order valence-electron chi connectivity index (χ1n) is 12.8. The first-order chi connectivity index (χ1) is 20.2. The highest BCUT2D eigenvalue weighted by molar-refractivity contribution is 9.10. The Morgan fingerprint density at radius 1 is 1.07 bits per heavy atom. The van der Waals surface area contributed by atoms with Gasteiger partial charge in [0.25, 0.3) is 0 Å². The number of sulfone groups is 1. The number of thiazole rings is 1. The third-order valence-electron chi connectivity index (χ3n) is 6.19. The highest BCUT2D eigenvalue weighted by Gasteiger charge is 2.16. The van der Waals surface area contributed by atoms with Gasteiger partial charge in [0.2, 0.25) is 0 Å². The summed E-state index contributed by atoms with van der Waals surface area (Å²) >= 11 is 5.04. The van der Waals surface area contributed by atoms with E-state index in [0.717, 1.165) is 37.4 Å². The molecule has 0 saturated carbocycles. The molecule has 2 aromatic heterocycles. The van der Waals surface area contributed by atoms with Crippen molar-refractivity contribution in [2.45, 2.75) is 13.2 Å². The van der Waals surface area contributed by atoms with Crippen LogP contribution in [0.5, 0.6) is 11.5 Å². The smallest absolute Gasteiger partial charge is 0.148 e. The lowest BCUT2D eigenvalue weighted by Gasteiger charge is -2.13. The Morgan fingerprint density at radius 3 is 2.69 bits per heavy atom. The van der Waals surface area contributed by atoms with Crippen LogP contribution in [0.3, 0.4) is 0 Å². The molecule has 9 nitrogen and oxygen atoms in total. The van der Waals surface area contributed by atoms with Gasteiger partial charge in [-0.2, -0.15) is 0 Å². The Kier molecular flexibility index (Phi) is 9.31. The highest BCUT2D eigenvalue weighted by atomic mass is 79.9. The van der Waals surface area contributed by atoms with Crippen molar-refractivity contribution in [2.24, 2.45) is 0 Å². The molecular weight excluding hydrogens is 645 g/mol. The summed E-state index contributed by atoms with van der Waals surface area (Å²) in [5, 5.41) is 10.0. The number of ether oxygens (including phenoxy) is 2. The SMILES string of the molecule is COc1cc2ncnc(Nc3ccc(OCc4cccc(F)c4)c(Br)c3)c2cc1-c1csc(CNCCS(C)(=O)=O)n1. The van der Waals surface area contributed by atoms with Crippen LogP contribution >= 0.6 is 27.3 Å². The van der Waals surface area contributed by atoms with Crippen molar-refractivity contribution in [2.75, 3.05) is 31.0 Å². The summed E-state index contributed by atoms with van der Waals surface area (Å²) < 4.78 is 48.5. The summed E-state index contributed by atoms with van der Waals surface area (Å²) in [7, 11) is -1.43. The average molecular weight is 673 g/mol. The Bertz CT molecular complexity index is 1830. The Labute approximate surface area is 255 Å². The van der Waals surface area contributed by atoms with Crippen LogP contribution in [-0.4, -0.2) is 49.0 Å². The third-order valence-corrected chi connectivity index (χ3v) is 8.60. The number of aromatic nitrogens is 3. The van der Waals surface area contributed by atoms with Crippen LogP contribution in [0.2, 0.25) is 0 Å². The van der Waals surface area contributed by atoms with E-state index >= 15 is 0 Å². The van der Waals surface area contributed by atoms with Crippen molar-refractivity contribution < 1.29 is 22.3 Å². The maximum absolute atomic E-state index is 13.5.